The van der Waals surface area contributed by atoms with Crippen LogP contribution in [0.25, 0.3) is 0 Å². The molecule has 2 aliphatic rings. The number of hydrogen-bond donors (Lipinski definition) is 0. The molecule has 0 saturated heterocycles. The zero-order valence-corrected chi connectivity index (χ0v) is 14.3. The summed E-state index contributed by atoms with van der Waals surface area (Å²) in [5, 5.41) is 0. The van der Waals surface area contributed by atoms with Gasteiger partial charge in [-0.2, -0.15) is 0 Å². The first-order valence-electron chi connectivity index (χ1n) is 9.19. The maximum absolute atomic E-state index is 5.68. The Kier molecular flexibility index (Phi) is 8.65. The van der Waals surface area contributed by atoms with Gasteiger partial charge in [-0.25, -0.2) is 0 Å². The summed E-state index contributed by atoms with van der Waals surface area (Å²) in [5.41, 5.74) is 3.25. The third-order valence-electron chi connectivity index (χ3n) is 4.55. The molecule has 0 aromatic rings. The molecule has 0 aromatic carbocycles. The van der Waals surface area contributed by atoms with E-state index in [1.54, 1.807) is 11.1 Å². The minimum atomic E-state index is 0.722. The zero-order valence-electron chi connectivity index (χ0n) is 14.3. The molecule has 2 rings (SSSR count). The second-order valence-corrected chi connectivity index (χ2v) is 6.41. The van der Waals surface area contributed by atoms with Crippen LogP contribution in [-0.2, 0) is 9.47 Å². The number of hydrogen-bond acceptors (Lipinski definition) is 3. The molecule has 1 aliphatic heterocycles. The van der Waals surface area contributed by atoms with Crippen molar-refractivity contribution in [3.05, 3.63) is 23.4 Å². The maximum Gasteiger partial charge on any atom is 0.0701 e. The lowest BCUT2D eigenvalue weighted by Gasteiger charge is -2.29. The number of rotatable bonds is 11. The molecular formula is C19H33NO2. The number of ether oxygens (including phenoxy) is 2. The first-order chi connectivity index (χ1) is 10.9. The molecule has 1 heterocycles. The van der Waals surface area contributed by atoms with Gasteiger partial charge in [0.15, 0.2) is 0 Å². The van der Waals surface area contributed by atoms with Crippen LogP contribution in [0.2, 0.25) is 0 Å². The zero-order chi connectivity index (χ0) is 15.5. The van der Waals surface area contributed by atoms with Gasteiger partial charge in [-0.3, -0.25) is 0 Å². The van der Waals surface area contributed by atoms with E-state index in [0.717, 1.165) is 39.5 Å². The fourth-order valence-corrected chi connectivity index (χ4v) is 3.15. The molecule has 0 radical (unpaired) electrons. The van der Waals surface area contributed by atoms with Crippen molar-refractivity contribution in [2.24, 2.45) is 0 Å². The molecule has 3 nitrogen and oxygen atoms in total. The highest BCUT2D eigenvalue weighted by atomic mass is 16.5. The Morgan fingerprint density at radius 3 is 2.64 bits per heavy atom. The van der Waals surface area contributed by atoms with E-state index in [-0.39, 0.29) is 0 Å². The van der Waals surface area contributed by atoms with Crippen molar-refractivity contribution in [3.8, 4) is 0 Å². The SMILES string of the molecule is CCCCCCOCCOCCN1C=CC2=C(CCCC2)C1. The summed E-state index contributed by atoms with van der Waals surface area (Å²) in [7, 11) is 0. The summed E-state index contributed by atoms with van der Waals surface area (Å²) < 4.78 is 11.3. The second kappa shape index (κ2) is 10.8. The van der Waals surface area contributed by atoms with Gasteiger partial charge in [0.25, 0.3) is 0 Å². The number of allylic oxidation sites excluding steroid dienone is 2. The van der Waals surface area contributed by atoms with E-state index >= 15 is 0 Å². The Labute approximate surface area is 136 Å². The lowest BCUT2D eigenvalue weighted by Crippen LogP contribution is -2.28. The molecule has 0 unspecified atom stereocenters. The summed E-state index contributed by atoms with van der Waals surface area (Å²) in [4.78, 5) is 2.38. The topological polar surface area (TPSA) is 21.7 Å². The van der Waals surface area contributed by atoms with Crippen LogP contribution in [0.1, 0.15) is 58.3 Å². The molecule has 0 bridgehead atoms. The summed E-state index contributed by atoms with van der Waals surface area (Å²) in [6.45, 7) is 7.47. The van der Waals surface area contributed by atoms with Gasteiger partial charge in [0.05, 0.1) is 19.8 Å². The molecule has 3 heteroatoms. The van der Waals surface area contributed by atoms with Gasteiger partial charge in [0, 0.05) is 19.7 Å². The molecular weight excluding hydrogens is 274 g/mol. The van der Waals surface area contributed by atoms with E-state index < -0.39 is 0 Å². The number of unbranched alkanes of at least 4 members (excludes halogenated alkanes) is 3. The standard InChI is InChI=1S/C19H33NO2/c1-2-3-4-7-13-21-15-16-22-14-12-20-11-10-18-8-5-6-9-19(18)17-20/h10-11H,2-9,12-17H2,1H3. The Bertz CT molecular complexity index is 362. The van der Waals surface area contributed by atoms with E-state index in [9.17, 15) is 0 Å². The van der Waals surface area contributed by atoms with Crippen LogP contribution in [0, 0.1) is 0 Å². The van der Waals surface area contributed by atoms with E-state index in [1.165, 1.54) is 51.4 Å². The van der Waals surface area contributed by atoms with Crippen molar-refractivity contribution in [1.82, 2.24) is 4.90 Å². The van der Waals surface area contributed by atoms with Crippen LogP contribution in [0.5, 0.6) is 0 Å². The third-order valence-corrected chi connectivity index (χ3v) is 4.55. The van der Waals surface area contributed by atoms with Crippen molar-refractivity contribution in [2.45, 2.75) is 58.3 Å². The van der Waals surface area contributed by atoms with Crippen LogP contribution in [0.3, 0.4) is 0 Å². The van der Waals surface area contributed by atoms with Gasteiger partial charge in [0.1, 0.15) is 0 Å². The van der Waals surface area contributed by atoms with Crippen LogP contribution in [0.4, 0.5) is 0 Å². The molecule has 0 N–H and O–H groups in total. The van der Waals surface area contributed by atoms with Crippen molar-refractivity contribution < 1.29 is 9.47 Å². The van der Waals surface area contributed by atoms with Crippen molar-refractivity contribution in [2.75, 3.05) is 39.5 Å². The van der Waals surface area contributed by atoms with Crippen molar-refractivity contribution >= 4 is 0 Å². The minimum Gasteiger partial charge on any atom is -0.379 e. The van der Waals surface area contributed by atoms with Crippen molar-refractivity contribution in [1.29, 1.82) is 0 Å². The van der Waals surface area contributed by atoms with Crippen LogP contribution in [0.15, 0.2) is 23.4 Å². The highest BCUT2D eigenvalue weighted by Gasteiger charge is 2.16. The van der Waals surface area contributed by atoms with Gasteiger partial charge in [0.2, 0.25) is 0 Å². The first-order valence-corrected chi connectivity index (χ1v) is 9.19. The monoisotopic (exact) mass is 307 g/mol. The fourth-order valence-electron chi connectivity index (χ4n) is 3.15. The average Bonchev–Trinajstić information content (AvgIpc) is 2.56. The summed E-state index contributed by atoms with van der Waals surface area (Å²) in [6, 6.07) is 0. The Morgan fingerprint density at radius 1 is 0.955 bits per heavy atom. The molecule has 0 spiro atoms. The summed E-state index contributed by atoms with van der Waals surface area (Å²) in [5.74, 6) is 0. The highest BCUT2D eigenvalue weighted by Crippen LogP contribution is 2.28. The van der Waals surface area contributed by atoms with Crippen LogP contribution in [-0.4, -0.2) is 44.4 Å². The Morgan fingerprint density at radius 2 is 1.77 bits per heavy atom. The molecule has 0 aromatic heterocycles. The van der Waals surface area contributed by atoms with Crippen LogP contribution < -0.4 is 0 Å². The van der Waals surface area contributed by atoms with Crippen LogP contribution >= 0.6 is 0 Å². The Balaban J connectivity index is 1.43. The van der Waals surface area contributed by atoms with E-state index in [4.69, 9.17) is 9.47 Å². The predicted molar refractivity (Wildman–Crippen MR) is 92.0 cm³/mol. The van der Waals surface area contributed by atoms with Gasteiger partial charge in [-0.1, -0.05) is 26.2 Å². The smallest absolute Gasteiger partial charge is 0.0701 e. The lowest BCUT2D eigenvalue weighted by atomic mass is 9.90. The van der Waals surface area contributed by atoms with E-state index in [1.807, 2.05) is 0 Å². The summed E-state index contributed by atoms with van der Waals surface area (Å²) in [6.07, 6.45) is 15.0. The Hall–Kier alpha value is -0.800. The molecule has 0 saturated carbocycles. The molecule has 0 atom stereocenters. The molecule has 22 heavy (non-hydrogen) atoms. The van der Waals surface area contributed by atoms with Gasteiger partial charge in [-0.05, 0) is 55.5 Å². The molecule has 0 fully saturated rings. The van der Waals surface area contributed by atoms with Gasteiger partial charge >= 0.3 is 0 Å². The van der Waals surface area contributed by atoms with Crippen molar-refractivity contribution in [3.63, 3.8) is 0 Å². The first kappa shape index (κ1) is 17.6. The van der Waals surface area contributed by atoms with E-state index in [0.29, 0.717) is 0 Å². The van der Waals surface area contributed by atoms with Gasteiger partial charge in [-0.15, -0.1) is 0 Å². The predicted octanol–water partition coefficient (Wildman–Crippen LogP) is 4.30. The fraction of sp³-hybridized carbons (Fsp3) is 0.789. The van der Waals surface area contributed by atoms with E-state index in [2.05, 4.69) is 24.1 Å². The number of nitrogens with zero attached hydrogens (tertiary/aromatic N) is 1. The second-order valence-electron chi connectivity index (χ2n) is 6.41. The molecule has 1 aliphatic carbocycles. The lowest BCUT2D eigenvalue weighted by molar-refractivity contribution is 0.0415. The normalized spacial score (nSPS) is 18.0. The maximum atomic E-state index is 5.68. The largest absolute Gasteiger partial charge is 0.379 e. The minimum absolute atomic E-state index is 0.722. The van der Waals surface area contributed by atoms with Gasteiger partial charge < -0.3 is 14.4 Å². The third kappa shape index (κ3) is 6.53. The average molecular weight is 307 g/mol. The summed E-state index contributed by atoms with van der Waals surface area (Å²) >= 11 is 0. The molecule has 126 valence electrons. The quantitative estimate of drug-likeness (QED) is 0.531. The highest BCUT2D eigenvalue weighted by molar-refractivity contribution is 5.31. The molecule has 0 amide bonds.